The van der Waals surface area contributed by atoms with E-state index in [4.69, 9.17) is 9.84 Å². The summed E-state index contributed by atoms with van der Waals surface area (Å²) in [6.07, 6.45) is 5.72. The topological polar surface area (TPSA) is 128 Å². The number of nitrogens with zero attached hydrogens (tertiary/aromatic N) is 8. The number of hydrogen-bond acceptors (Lipinski definition) is 10. The first kappa shape index (κ1) is 26.1. The number of hydrogen-bond donors (Lipinski definition) is 1. The number of piperazine rings is 1. The number of aromatic nitrogens is 4. The average Bonchev–Trinajstić information content (AvgIpc) is 2.78. The summed E-state index contributed by atoms with van der Waals surface area (Å²) in [5, 5.41) is 9.11. The van der Waals surface area contributed by atoms with E-state index in [2.05, 4.69) is 34.6 Å². The van der Waals surface area contributed by atoms with Crippen LogP contribution in [0, 0.1) is 0 Å². The molecule has 3 rings (SSSR count). The quantitative estimate of drug-likeness (QED) is 0.612. The van der Waals surface area contributed by atoms with Gasteiger partial charge >= 0.3 is 12.1 Å². The van der Waals surface area contributed by atoms with Crippen molar-refractivity contribution >= 4 is 24.0 Å². The number of likely N-dealkylation sites (N-methyl/N-ethyl adjacent to an activating group) is 1. The molecule has 12 nitrogen and oxygen atoms in total. The van der Waals surface area contributed by atoms with Gasteiger partial charge in [-0.2, -0.15) is 0 Å². The molecule has 0 unspecified atom stereocenters. The Labute approximate surface area is 205 Å². The summed E-state index contributed by atoms with van der Waals surface area (Å²) in [4.78, 5) is 48.7. The van der Waals surface area contributed by atoms with E-state index in [-0.39, 0.29) is 11.6 Å². The number of carbonyl (C=O) groups is 2. The lowest BCUT2D eigenvalue weighted by Gasteiger charge is -2.42. The van der Waals surface area contributed by atoms with Gasteiger partial charge in [0.05, 0.1) is 18.2 Å². The van der Waals surface area contributed by atoms with E-state index in [1.54, 1.807) is 19.4 Å². The molecule has 3 heterocycles. The zero-order valence-electron chi connectivity index (χ0n) is 21.2. The Balaban J connectivity index is 1.67. The average molecular weight is 487 g/mol. The third-order valence-corrected chi connectivity index (χ3v) is 5.30. The third-order valence-electron chi connectivity index (χ3n) is 5.30. The molecule has 0 radical (unpaired) electrons. The number of aromatic carboxylic acids is 1. The normalized spacial score (nSPS) is 16.4. The van der Waals surface area contributed by atoms with E-state index in [1.165, 1.54) is 17.3 Å². The van der Waals surface area contributed by atoms with Crippen LogP contribution in [0.3, 0.4) is 0 Å². The molecule has 0 aromatic carbocycles. The molecule has 35 heavy (non-hydrogen) atoms. The molecule has 1 fully saturated rings. The van der Waals surface area contributed by atoms with E-state index >= 15 is 0 Å². The summed E-state index contributed by atoms with van der Waals surface area (Å²) in [6, 6.07) is 0.0519. The maximum absolute atomic E-state index is 12.2. The molecular formula is C23H34N8O4. The van der Waals surface area contributed by atoms with Crippen LogP contribution in [0.4, 0.5) is 16.7 Å². The first-order valence-electron chi connectivity index (χ1n) is 11.4. The Morgan fingerprint density at radius 2 is 1.63 bits per heavy atom. The van der Waals surface area contributed by atoms with Crippen molar-refractivity contribution in [2.75, 3.05) is 57.1 Å². The fourth-order valence-electron chi connectivity index (χ4n) is 3.73. The summed E-state index contributed by atoms with van der Waals surface area (Å²) in [5.74, 6) is 0.0614. The fourth-order valence-corrected chi connectivity index (χ4v) is 3.73. The minimum atomic E-state index is -1.05. The lowest BCUT2D eigenvalue weighted by molar-refractivity contribution is 0.0284. The van der Waals surface area contributed by atoms with E-state index in [9.17, 15) is 9.59 Å². The highest BCUT2D eigenvalue weighted by Gasteiger charge is 2.30. The molecule has 0 spiro atoms. The molecule has 12 heteroatoms. The number of carbonyl (C=O) groups excluding carboxylic acids is 1. The number of amides is 1. The number of anilines is 2. The standard InChI is InChI=1S/C23H34N8O4/c1-23(2,3)35-22(34)29(6)13-16-9-24-20(25-10-16)30-7-8-31(18(15-30)14-28(4)5)21-26-11-17(12-27-21)19(32)33/h9-12,18H,7-8,13-15H2,1-6H3,(H,32,33)/t18-/m0/s1. The summed E-state index contributed by atoms with van der Waals surface area (Å²) >= 11 is 0. The zero-order valence-corrected chi connectivity index (χ0v) is 21.2. The molecule has 2 aromatic heterocycles. The molecule has 1 saturated heterocycles. The van der Waals surface area contributed by atoms with Crippen LogP contribution in [-0.4, -0.2) is 106 Å². The van der Waals surface area contributed by atoms with Crippen molar-refractivity contribution in [3.63, 3.8) is 0 Å². The second-order valence-electron chi connectivity index (χ2n) is 9.86. The van der Waals surface area contributed by atoms with Crippen LogP contribution in [0.2, 0.25) is 0 Å². The smallest absolute Gasteiger partial charge is 0.410 e. The van der Waals surface area contributed by atoms with Crippen LogP contribution in [0.1, 0.15) is 36.7 Å². The molecule has 0 bridgehead atoms. The fraction of sp³-hybridized carbons (Fsp3) is 0.565. The number of ether oxygens (including phenoxy) is 1. The second kappa shape index (κ2) is 10.8. The number of carboxylic acids is 1. The van der Waals surface area contributed by atoms with E-state index in [0.717, 1.165) is 12.1 Å². The van der Waals surface area contributed by atoms with Gasteiger partial charge in [0.25, 0.3) is 0 Å². The van der Waals surface area contributed by atoms with Gasteiger partial charge in [-0.15, -0.1) is 0 Å². The van der Waals surface area contributed by atoms with Gasteiger partial charge < -0.3 is 29.4 Å². The van der Waals surface area contributed by atoms with Crippen molar-refractivity contribution in [3.8, 4) is 0 Å². The summed E-state index contributed by atoms with van der Waals surface area (Å²) in [6.45, 7) is 8.53. The third kappa shape index (κ3) is 7.22. The maximum atomic E-state index is 12.2. The highest BCUT2D eigenvalue weighted by atomic mass is 16.6. The predicted molar refractivity (Wildman–Crippen MR) is 131 cm³/mol. The predicted octanol–water partition coefficient (Wildman–Crippen LogP) is 1.59. The Hall–Kier alpha value is -3.54. The Kier molecular flexibility index (Phi) is 8.05. The molecule has 1 amide bonds. The van der Waals surface area contributed by atoms with Crippen LogP contribution >= 0.6 is 0 Å². The van der Waals surface area contributed by atoms with Crippen LogP contribution in [-0.2, 0) is 11.3 Å². The lowest BCUT2D eigenvalue weighted by atomic mass is 10.1. The molecule has 0 saturated carbocycles. The van der Waals surface area contributed by atoms with Gasteiger partial charge in [-0.1, -0.05) is 0 Å². The second-order valence-corrected chi connectivity index (χ2v) is 9.86. The van der Waals surface area contributed by atoms with Crippen LogP contribution in [0.5, 0.6) is 0 Å². The van der Waals surface area contributed by atoms with Crippen LogP contribution in [0.25, 0.3) is 0 Å². The SMILES string of the molecule is CN(C)C[C@H]1CN(c2ncc(CN(C)C(=O)OC(C)(C)C)cn2)CCN1c1ncc(C(=O)O)cn1. The van der Waals surface area contributed by atoms with Crippen LogP contribution in [0.15, 0.2) is 24.8 Å². The van der Waals surface area contributed by atoms with Crippen molar-refractivity contribution in [3.05, 3.63) is 35.9 Å². The number of rotatable bonds is 7. The molecule has 1 N–H and O–H groups in total. The molecule has 1 aliphatic rings. The zero-order chi connectivity index (χ0) is 25.8. The van der Waals surface area contributed by atoms with Gasteiger partial charge in [-0.3, -0.25) is 0 Å². The largest absolute Gasteiger partial charge is 0.478 e. The summed E-state index contributed by atoms with van der Waals surface area (Å²) < 4.78 is 5.39. The van der Waals surface area contributed by atoms with Crippen molar-refractivity contribution in [2.24, 2.45) is 0 Å². The van der Waals surface area contributed by atoms with Crippen molar-refractivity contribution < 1.29 is 19.4 Å². The van der Waals surface area contributed by atoms with Crippen molar-refractivity contribution in [1.29, 1.82) is 0 Å². The molecular weight excluding hydrogens is 452 g/mol. The molecule has 1 atom stereocenters. The molecule has 0 aliphatic carbocycles. The van der Waals surface area contributed by atoms with Gasteiger partial charge in [0.2, 0.25) is 11.9 Å². The highest BCUT2D eigenvalue weighted by Crippen LogP contribution is 2.20. The van der Waals surface area contributed by atoms with Gasteiger partial charge in [0.1, 0.15) is 5.60 Å². The molecule has 190 valence electrons. The van der Waals surface area contributed by atoms with Gasteiger partial charge in [-0.05, 0) is 34.9 Å². The minimum Gasteiger partial charge on any atom is -0.478 e. The maximum Gasteiger partial charge on any atom is 0.410 e. The lowest BCUT2D eigenvalue weighted by Crippen LogP contribution is -2.57. The van der Waals surface area contributed by atoms with Crippen molar-refractivity contribution in [1.82, 2.24) is 29.7 Å². The first-order valence-corrected chi connectivity index (χ1v) is 11.4. The number of carboxylic acid groups (broad SMARTS) is 1. The van der Waals surface area contributed by atoms with Crippen molar-refractivity contribution in [2.45, 2.75) is 39.0 Å². The Morgan fingerprint density at radius 1 is 1.03 bits per heavy atom. The first-order chi connectivity index (χ1) is 16.4. The molecule has 1 aliphatic heterocycles. The van der Waals surface area contributed by atoms with E-state index < -0.39 is 17.7 Å². The van der Waals surface area contributed by atoms with E-state index in [1.807, 2.05) is 34.9 Å². The van der Waals surface area contributed by atoms with Gasteiger partial charge in [0, 0.05) is 63.6 Å². The minimum absolute atomic E-state index is 0.0519. The monoisotopic (exact) mass is 486 g/mol. The van der Waals surface area contributed by atoms with E-state index in [0.29, 0.717) is 38.1 Å². The Bertz CT molecular complexity index is 1010. The van der Waals surface area contributed by atoms with Gasteiger partial charge in [-0.25, -0.2) is 29.5 Å². The highest BCUT2D eigenvalue weighted by molar-refractivity contribution is 5.86. The van der Waals surface area contributed by atoms with Crippen LogP contribution < -0.4 is 9.80 Å². The summed E-state index contributed by atoms with van der Waals surface area (Å²) in [5.41, 5.74) is 0.306. The Morgan fingerprint density at radius 3 is 2.17 bits per heavy atom. The van der Waals surface area contributed by atoms with Gasteiger partial charge in [0.15, 0.2) is 0 Å². The molecule has 2 aromatic rings. The summed E-state index contributed by atoms with van der Waals surface area (Å²) in [7, 11) is 5.67.